The van der Waals surface area contributed by atoms with E-state index in [1.807, 2.05) is 4.68 Å². The number of fused-ring (bicyclic) bond motifs is 1. The van der Waals surface area contributed by atoms with Crippen molar-refractivity contribution in [3.05, 3.63) is 11.6 Å². The number of aliphatic hydroxyl groups excluding tert-OH is 1. The molecular formula is C13H22N4O. The van der Waals surface area contributed by atoms with Crippen molar-refractivity contribution in [2.75, 3.05) is 19.6 Å². The molecule has 3 heterocycles. The first-order chi connectivity index (χ1) is 8.76. The van der Waals surface area contributed by atoms with Gasteiger partial charge in [0.15, 0.2) is 5.82 Å². The summed E-state index contributed by atoms with van der Waals surface area (Å²) in [5.74, 6) is 2.50. The topological polar surface area (TPSA) is 54.2 Å². The second kappa shape index (κ2) is 4.97. The Hall–Kier alpha value is -0.940. The van der Waals surface area contributed by atoms with Gasteiger partial charge in [-0.15, -0.1) is 0 Å². The molecule has 1 saturated heterocycles. The van der Waals surface area contributed by atoms with Crippen molar-refractivity contribution in [1.29, 1.82) is 0 Å². The van der Waals surface area contributed by atoms with Crippen LogP contribution in [0, 0.1) is 0 Å². The summed E-state index contributed by atoms with van der Waals surface area (Å²) in [7, 11) is 0. The minimum atomic E-state index is -0.225. The Bertz CT molecular complexity index is 409. The van der Waals surface area contributed by atoms with Gasteiger partial charge in [0.25, 0.3) is 0 Å². The summed E-state index contributed by atoms with van der Waals surface area (Å²) in [6.45, 7) is 6.50. The fourth-order valence-electron chi connectivity index (χ4n) is 2.99. The van der Waals surface area contributed by atoms with E-state index in [0.29, 0.717) is 12.3 Å². The highest BCUT2D eigenvalue weighted by atomic mass is 16.3. The van der Waals surface area contributed by atoms with Gasteiger partial charge in [0, 0.05) is 18.9 Å². The lowest BCUT2D eigenvalue weighted by Gasteiger charge is -2.29. The first-order valence-electron chi connectivity index (χ1n) is 7.10. The summed E-state index contributed by atoms with van der Waals surface area (Å²) in [5, 5.41) is 14.3. The van der Waals surface area contributed by atoms with E-state index in [0.717, 1.165) is 44.2 Å². The van der Waals surface area contributed by atoms with Crippen LogP contribution in [0.3, 0.4) is 0 Å². The smallest absolute Gasteiger partial charge is 0.154 e. The minimum Gasteiger partial charge on any atom is -0.393 e. The Labute approximate surface area is 108 Å². The van der Waals surface area contributed by atoms with E-state index in [4.69, 9.17) is 0 Å². The van der Waals surface area contributed by atoms with Crippen LogP contribution in [0.15, 0.2) is 0 Å². The monoisotopic (exact) mass is 250 g/mol. The maximum absolute atomic E-state index is 9.65. The molecule has 18 heavy (non-hydrogen) atoms. The molecule has 0 bridgehead atoms. The molecule has 0 saturated carbocycles. The Morgan fingerprint density at radius 3 is 2.72 bits per heavy atom. The van der Waals surface area contributed by atoms with Crippen LogP contribution in [-0.2, 0) is 13.0 Å². The first kappa shape index (κ1) is 12.1. The third-order valence-electron chi connectivity index (χ3n) is 4.26. The van der Waals surface area contributed by atoms with Crippen LogP contribution in [0.4, 0.5) is 0 Å². The lowest BCUT2D eigenvalue weighted by atomic mass is 9.96. The Balaban J connectivity index is 1.70. The number of rotatable bonds is 2. The molecule has 5 nitrogen and oxygen atoms in total. The van der Waals surface area contributed by atoms with E-state index < -0.39 is 0 Å². The molecule has 1 atom stereocenters. The summed E-state index contributed by atoms with van der Waals surface area (Å²) in [6.07, 6.45) is 3.58. The van der Waals surface area contributed by atoms with Gasteiger partial charge >= 0.3 is 0 Å². The summed E-state index contributed by atoms with van der Waals surface area (Å²) in [5.41, 5.74) is 0. The zero-order valence-corrected chi connectivity index (χ0v) is 11.0. The number of aliphatic hydroxyl groups is 1. The molecule has 0 aromatic carbocycles. The summed E-state index contributed by atoms with van der Waals surface area (Å²) in [6, 6.07) is 0. The van der Waals surface area contributed by atoms with Crippen molar-refractivity contribution >= 4 is 0 Å². The van der Waals surface area contributed by atoms with Crippen molar-refractivity contribution in [3.63, 3.8) is 0 Å². The van der Waals surface area contributed by atoms with E-state index in [9.17, 15) is 5.11 Å². The van der Waals surface area contributed by atoms with Crippen LogP contribution in [0.25, 0.3) is 0 Å². The van der Waals surface area contributed by atoms with Gasteiger partial charge in [0.05, 0.1) is 6.10 Å². The summed E-state index contributed by atoms with van der Waals surface area (Å²) < 4.78 is 1.99. The molecule has 0 amide bonds. The zero-order valence-electron chi connectivity index (χ0n) is 11.0. The van der Waals surface area contributed by atoms with E-state index >= 15 is 0 Å². The molecule has 5 heteroatoms. The molecule has 0 aliphatic carbocycles. The molecule has 0 radical (unpaired) electrons. The number of likely N-dealkylation sites (tertiary alicyclic amines) is 1. The predicted molar refractivity (Wildman–Crippen MR) is 68.4 cm³/mol. The number of hydrogen-bond acceptors (Lipinski definition) is 4. The standard InChI is InChI=1S/C13H22N4O/c1-2-16-6-3-10(4-7-16)13-14-12-9-11(18)5-8-17(12)15-13/h10-11,18H,2-9H2,1H3. The van der Waals surface area contributed by atoms with Crippen LogP contribution in [0.5, 0.6) is 0 Å². The minimum absolute atomic E-state index is 0.225. The normalized spacial score (nSPS) is 26.2. The number of aryl methyl sites for hydroxylation is 1. The highest BCUT2D eigenvalue weighted by molar-refractivity contribution is 5.04. The molecule has 2 aliphatic heterocycles. The van der Waals surface area contributed by atoms with Crippen LogP contribution >= 0.6 is 0 Å². The molecule has 1 aromatic heterocycles. The van der Waals surface area contributed by atoms with Crippen LogP contribution in [0.2, 0.25) is 0 Å². The highest BCUT2D eigenvalue weighted by Crippen LogP contribution is 2.26. The number of hydrogen-bond donors (Lipinski definition) is 1. The summed E-state index contributed by atoms with van der Waals surface area (Å²) >= 11 is 0. The highest BCUT2D eigenvalue weighted by Gasteiger charge is 2.26. The van der Waals surface area contributed by atoms with Gasteiger partial charge in [-0.2, -0.15) is 5.10 Å². The molecule has 1 N–H and O–H groups in total. The molecule has 0 spiro atoms. The van der Waals surface area contributed by atoms with Gasteiger partial charge in [0.1, 0.15) is 5.82 Å². The van der Waals surface area contributed by atoms with Gasteiger partial charge in [-0.05, 0) is 38.9 Å². The third-order valence-corrected chi connectivity index (χ3v) is 4.26. The largest absolute Gasteiger partial charge is 0.393 e. The molecule has 2 aliphatic rings. The van der Waals surface area contributed by atoms with Crippen molar-refractivity contribution in [2.24, 2.45) is 0 Å². The van der Waals surface area contributed by atoms with Crippen molar-refractivity contribution in [1.82, 2.24) is 19.7 Å². The maximum Gasteiger partial charge on any atom is 0.154 e. The van der Waals surface area contributed by atoms with Crippen molar-refractivity contribution in [2.45, 2.75) is 51.2 Å². The molecule has 1 aromatic rings. The van der Waals surface area contributed by atoms with Gasteiger partial charge in [-0.1, -0.05) is 6.92 Å². The Morgan fingerprint density at radius 1 is 1.22 bits per heavy atom. The van der Waals surface area contributed by atoms with E-state index in [1.165, 1.54) is 12.8 Å². The molecule has 3 rings (SSSR count). The first-order valence-corrected chi connectivity index (χ1v) is 7.10. The third kappa shape index (κ3) is 2.29. The Kier molecular flexibility index (Phi) is 3.35. The number of nitrogens with zero attached hydrogens (tertiary/aromatic N) is 4. The second-order valence-corrected chi connectivity index (χ2v) is 5.46. The van der Waals surface area contributed by atoms with Crippen molar-refractivity contribution < 1.29 is 5.11 Å². The SMILES string of the molecule is CCN1CCC(c2nc3n(n2)CCC(O)C3)CC1. The second-order valence-electron chi connectivity index (χ2n) is 5.46. The Morgan fingerprint density at radius 2 is 2.00 bits per heavy atom. The van der Waals surface area contributed by atoms with Crippen LogP contribution in [-0.4, -0.2) is 50.5 Å². The van der Waals surface area contributed by atoms with E-state index in [1.54, 1.807) is 0 Å². The van der Waals surface area contributed by atoms with Gasteiger partial charge in [-0.3, -0.25) is 0 Å². The average molecular weight is 250 g/mol. The average Bonchev–Trinajstić information content (AvgIpc) is 2.81. The fraction of sp³-hybridized carbons (Fsp3) is 0.846. The molecule has 1 fully saturated rings. The molecule has 100 valence electrons. The number of piperidine rings is 1. The molecule has 1 unspecified atom stereocenters. The van der Waals surface area contributed by atoms with Gasteiger partial charge in [-0.25, -0.2) is 9.67 Å². The molecular weight excluding hydrogens is 228 g/mol. The lowest BCUT2D eigenvalue weighted by molar-refractivity contribution is 0.138. The van der Waals surface area contributed by atoms with E-state index in [-0.39, 0.29) is 6.10 Å². The van der Waals surface area contributed by atoms with Crippen molar-refractivity contribution in [3.8, 4) is 0 Å². The van der Waals surface area contributed by atoms with Crippen LogP contribution < -0.4 is 0 Å². The number of aromatic nitrogens is 3. The quantitative estimate of drug-likeness (QED) is 0.843. The summed E-state index contributed by atoms with van der Waals surface area (Å²) in [4.78, 5) is 7.13. The van der Waals surface area contributed by atoms with Crippen LogP contribution in [0.1, 0.15) is 43.8 Å². The predicted octanol–water partition coefficient (Wildman–Crippen LogP) is 0.784. The van der Waals surface area contributed by atoms with Gasteiger partial charge < -0.3 is 10.0 Å². The lowest BCUT2D eigenvalue weighted by Crippen LogP contribution is -2.32. The zero-order chi connectivity index (χ0) is 12.5. The fourth-order valence-corrected chi connectivity index (χ4v) is 2.99. The van der Waals surface area contributed by atoms with Gasteiger partial charge in [0.2, 0.25) is 0 Å². The maximum atomic E-state index is 9.65. The van der Waals surface area contributed by atoms with E-state index in [2.05, 4.69) is 21.9 Å².